The van der Waals surface area contributed by atoms with Crippen LogP contribution in [0, 0.1) is 5.41 Å². The summed E-state index contributed by atoms with van der Waals surface area (Å²) in [5.41, 5.74) is 10.1. The van der Waals surface area contributed by atoms with Crippen LogP contribution >= 0.6 is 0 Å². The zero-order valence-corrected chi connectivity index (χ0v) is 18.7. The van der Waals surface area contributed by atoms with Gasteiger partial charge in [0.05, 0.1) is 43.0 Å². The molecule has 1 aliphatic rings. The highest BCUT2D eigenvalue weighted by Gasteiger charge is 2.24. The summed E-state index contributed by atoms with van der Waals surface area (Å²) in [6.07, 6.45) is 5.51. The summed E-state index contributed by atoms with van der Waals surface area (Å²) in [6.45, 7) is 6.87. The van der Waals surface area contributed by atoms with Crippen LogP contribution in [0.15, 0.2) is 43.0 Å². The first kappa shape index (κ1) is 21.9. The monoisotopic (exact) mass is 435 g/mol. The van der Waals surface area contributed by atoms with E-state index in [0.717, 1.165) is 30.0 Å². The molecule has 3 aromatic rings. The summed E-state index contributed by atoms with van der Waals surface area (Å²) in [5, 5.41) is 13.2. The van der Waals surface area contributed by atoms with Crippen molar-refractivity contribution in [3.8, 4) is 11.1 Å². The second-order valence-electron chi connectivity index (χ2n) is 8.09. The second-order valence-corrected chi connectivity index (χ2v) is 8.09. The van der Waals surface area contributed by atoms with Crippen molar-refractivity contribution in [3.63, 3.8) is 0 Å². The van der Waals surface area contributed by atoms with Crippen LogP contribution in [0.1, 0.15) is 25.1 Å². The molecular weight excluding hydrogens is 406 g/mol. The lowest BCUT2D eigenvalue weighted by molar-refractivity contribution is -0.00546. The first-order valence-corrected chi connectivity index (χ1v) is 10.7. The van der Waals surface area contributed by atoms with Crippen molar-refractivity contribution in [2.24, 2.45) is 0 Å². The molecule has 3 heterocycles. The highest BCUT2D eigenvalue weighted by atomic mass is 16.5. The van der Waals surface area contributed by atoms with Crippen LogP contribution in [0.3, 0.4) is 0 Å². The normalized spacial score (nSPS) is 18.7. The minimum absolute atomic E-state index is 0.119. The summed E-state index contributed by atoms with van der Waals surface area (Å²) in [7, 11) is 1.67. The average Bonchev–Trinajstić information content (AvgIpc) is 3.26. The van der Waals surface area contributed by atoms with Gasteiger partial charge in [-0.05, 0) is 31.5 Å². The van der Waals surface area contributed by atoms with Gasteiger partial charge < -0.3 is 20.1 Å². The quantitative estimate of drug-likeness (QED) is 0.433. The van der Waals surface area contributed by atoms with Crippen molar-refractivity contribution in [3.05, 3.63) is 54.2 Å². The molecule has 0 aliphatic carbocycles. The lowest BCUT2D eigenvalue weighted by Crippen LogP contribution is -2.45. The van der Waals surface area contributed by atoms with Crippen LogP contribution in [-0.2, 0) is 16.0 Å². The zero-order chi connectivity index (χ0) is 22.7. The molecule has 9 heteroatoms. The van der Waals surface area contributed by atoms with E-state index < -0.39 is 0 Å². The number of aromatic nitrogens is 4. The number of benzene rings is 1. The number of nitrogens with two attached hydrogens (primary N) is 1. The Hall–Kier alpha value is -3.30. The van der Waals surface area contributed by atoms with E-state index in [9.17, 15) is 0 Å². The van der Waals surface area contributed by atoms with Gasteiger partial charge in [-0.25, -0.2) is 9.97 Å². The molecule has 0 amide bonds. The van der Waals surface area contributed by atoms with Gasteiger partial charge >= 0.3 is 0 Å². The molecule has 1 fully saturated rings. The molecule has 2 atom stereocenters. The standard InChI is InChI=1S/C23H29N7O2/c1-15-11-29(12-16(2)32-15)22-9-21(26-14-27-22)23(25)19-8-17(4-5-20(19)24)18-10-28-30(13-18)6-7-31-3/h4-5,8-10,13-16,25H,6-7,11-12,24H2,1-3H3/t15-,16?/m0/s1. The first-order chi connectivity index (χ1) is 15.4. The maximum absolute atomic E-state index is 8.81. The van der Waals surface area contributed by atoms with E-state index in [1.807, 2.05) is 35.1 Å². The SMILES string of the molecule is COCCn1cc(-c2ccc(N)c(C(=N)c3cc(N4CC(C)O[C@@H](C)C4)ncn3)c2)cn1. The third kappa shape index (κ3) is 4.79. The van der Waals surface area contributed by atoms with E-state index in [0.29, 0.717) is 30.1 Å². The first-order valence-electron chi connectivity index (χ1n) is 10.7. The van der Waals surface area contributed by atoms with Crippen molar-refractivity contribution >= 4 is 17.2 Å². The van der Waals surface area contributed by atoms with Crippen molar-refractivity contribution in [2.45, 2.75) is 32.6 Å². The van der Waals surface area contributed by atoms with E-state index in [-0.39, 0.29) is 17.9 Å². The lowest BCUT2D eigenvalue weighted by atomic mass is 9.99. The molecule has 32 heavy (non-hydrogen) atoms. The van der Waals surface area contributed by atoms with E-state index in [1.54, 1.807) is 13.3 Å². The number of nitrogens with one attached hydrogen (secondary N) is 1. The van der Waals surface area contributed by atoms with Crippen LogP contribution in [0.2, 0.25) is 0 Å². The Morgan fingerprint density at radius 3 is 2.72 bits per heavy atom. The molecule has 168 valence electrons. The number of rotatable bonds is 7. The highest BCUT2D eigenvalue weighted by Crippen LogP contribution is 2.26. The molecule has 0 spiro atoms. The van der Waals surface area contributed by atoms with Gasteiger partial charge in [0.1, 0.15) is 12.1 Å². The predicted molar refractivity (Wildman–Crippen MR) is 124 cm³/mol. The maximum atomic E-state index is 8.81. The predicted octanol–water partition coefficient (Wildman–Crippen LogP) is 2.60. The molecule has 0 radical (unpaired) electrons. The van der Waals surface area contributed by atoms with Crippen LogP contribution in [0.5, 0.6) is 0 Å². The molecule has 0 bridgehead atoms. The van der Waals surface area contributed by atoms with Crippen molar-refractivity contribution in [1.82, 2.24) is 19.7 Å². The molecule has 1 unspecified atom stereocenters. The summed E-state index contributed by atoms with van der Waals surface area (Å²) in [6, 6.07) is 7.52. The number of anilines is 2. The molecule has 1 saturated heterocycles. The van der Waals surface area contributed by atoms with Crippen LogP contribution in [-0.4, -0.2) is 64.5 Å². The molecule has 1 aliphatic heterocycles. The molecule has 2 aromatic heterocycles. The number of hydrogen-bond donors (Lipinski definition) is 2. The number of methoxy groups -OCH3 is 1. The molecule has 1 aromatic carbocycles. The Labute approximate surface area is 187 Å². The van der Waals surface area contributed by atoms with Crippen LogP contribution in [0.4, 0.5) is 11.5 Å². The molecule has 3 N–H and O–H groups in total. The Morgan fingerprint density at radius 2 is 1.97 bits per heavy atom. The summed E-state index contributed by atoms with van der Waals surface area (Å²) >= 11 is 0. The number of nitrogens with zero attached hydrogens (tertiary/aromatic N) is 5. The Bertz CT molecular complexity index is 1090. The van der Waals surface area contributed by atoms with Crippen LogP contribution < -0.4 is 10.6 Å². The molecular formula is C23H29N7O2. The summed E-state index contributed by atoms with van der Waals surface area (Å²) < 4.78 is 12.8. The van der Waals surface area contributed by atoms with Gasteiger partial charge in [0.2, 0.25) is 0 Å². The minimum atomic E-state index is 0.119. The average molecular weight is 436 g/mol. The fourth-order valence-corrected chi connectivity index (χ4v) is 3.93. The second kappa shape index (κ2) is 9.46. The Balaban J connectivity index is 1.59. The van der Waals surface area contributed by atoms with E-state index in [1.165, 1.54) is 6.33 Å². The topological polar surface area (TPSA) is 115 Å². The van der Waals surface area contributed by atoms with Gasteiger partial charge in [-0.3, -0.25) is 10.1 Å². The summed E-state index contributed by atoms with van der Waals surface area (Å²) in [5.74, 6) is 0.788. The Kier molecular flexibility index (Phi) is 6.48. The highest BCUT2D eigenvalue weighted by molar-refractivity contribution is 6.13. The van der Waals surface area contributed by atoms with Crippen molar-refractivity contribution in [1.29, 1.82) is 5.41 Å². The van der Waals surface area contributed by atoms with Gasteiger partial charge in [-0.15, -0.1) is 0 Å². The van der Waals surface area contributed by atoms with Crippen LogP contribution in [0.25, 0.3) is 11.1 Å². The summed E-state index contributed by atoms with van der Waals surface area (Å²) in [4.78, 5) is 11.0. The zero-order valence-electron chi connectivity index (χ0n) is 18.7. The largest absolute Gasteiger partial charge is 0.398 e. The number of hydrogen-bond acceptors (Lipinski definition) is 8. The van der Waals surface area contributed by atoms with Gasteiger partial charge in [-0.1, -0.05) is 6.07 Å². The minimum Gasteiger partial charge on any atom is -0.398 e. The van der Waals surface area contributed by atoms with E-state index in [2.05, 4.69) is 33.8 Å². The van der Waals surface area contributed by atoms with Gasteiger partial charge in [0, 0.05) is 49.3 Å². The molecule has 4 rings (SSSR count). The lowest BCUT2D eigenvalue weighted by Gasteiger charge is -2.36. The fourth-order valence-electron chi connectivity index (χ4n) is 3.93. The van der Waals surface area contributed by atoms with Crippen molar-refractivity contribution in [2.75, 3.05) is 37.4 Å². The van der Waals surface area contributed by atoms with Crippen molar-refractivity contribution < 1.29 is 9.47 Å². The molecule has 0 saturated carbocycles. The third-order valence-electron chi connectivity index (χ3n) is 5.47. The maximum Gasteiger partial charge on any atom is 0.132 e. The van der Waals surface area contributed by atoms with Gasteiger partial charge in [0.25, 0.3) is 0 Å². The number of morpholine rings is 1. The van der Waals surface area contributed by atoms with E-state index in [4.69, 9.17) is 20.6 Å². The smallest absolute Gasteiger partial charge is 0.132 e. The third-order valence-corrected chi connectivity index (χ3v) is 5.47. The Morgan fingerprint density at radius 1 is 1.19 bits per heavy atom. The number of ether oxygens (including phenoxy) is 2. The van der Waals surface area contributed by atoms with E-state index >= 15 is 0 Å². The molecule has 9 nitrogen and oxygen atoms in total. The van der Waals surface area contributed by atoms with Gasteiger partial charge in [-0.2, -0.15) is 5.10 Å². The van der Waals surface area contributed by atoms with Gasteiger partial charge in [0.15, 0.2) is 0 Å². The fraction of sp³-hybridized carbons (Fsp3) is 0.391. The number of nitrogen functional groups attached to an aromatic ring is 1.